The van der Waals surface area contributed by atoms with Gasteiger partial charge in [0.15, 0.2) is 0 Å². The topological polar surface area (TPSA) is 110 Å². The van der Waals surface area contributed by atoms with Crippen molar-refractivity contribution in [3.05, 3.63) is 0 Å². The van der Waals surface area contributed by atoms with Crippen molar-refractivity contribution in [2.45, 2.75) is 6.92 Å². The molecule has 0 bridgehead atoms. The van der Waals surface area contributed by atoms with Gasteiger partial charge in [-0.05, 0) is 6.92 Å². The van der Waals surface area contributed by atoms with Crippen LogP contribution in [0.1, 0.15) is 6.92 Å². The maximum absolute atomic E-state index is 7.57. The van der Waals surface area contributed by atoms with Crippen molar-refractivity contribution in [2.24, 2.45) is 0 Å². The van der Waals surface area contributed by atoms with Crippen LogP contribution in [0.2, 0.25) is 0 Å². The molecule has 0 radical (unpaired) electrons. The van der Waals surface area contributed by atoms with Gasteiger partial charge >= 0.3 is 67.3 Å². The van der Waals surface area contributed by atoms with Crippen molar-refractivity contribution >= 4 is 37.7 Å². The molecule has 0 aromatic carbocycles. The van der Waals surface area contributed by atoms with Gasteiger partial charge in [0.05, 0.1) is 0 Å². The first-order valence-electron chi connectivity index (χ1n) is 1.02. The van der Waals surface area contributed by atoms with Crippen LogP contribution in [0.4, 0.5) is 0 Å². The zero-order valence-corrected chi connectivity index (χ0v) is 9.41. The van der Waals surface area contributed by atoms with Gasteiger partial charge in [0.25, 0.3) is 0 Å². The Labute approximate surface area is 101 Å². The van der Waals surface area contributed by atoms with E-state index in [0.717, 1.165) is 0 Å². The average molecular weight is 160 g/mol. The molecule has 0 aliphatic rings. The van der Waals surface area contributed by atoms with Crippen molar-refractivity contribution in [3.63, 3.8) is 0 Å². The summed E-state index contributed by atoms with van der Waals surface area (Å²) in [5.41, 5.74) is 0. The minimum absolute atomic E-state index is 0. The first kappa shape index (κ1) is 49.8. The molecule has 44 valence electrons. The summed E-state index contributed by atoms with van der Waals surface area (Å²) in [5.74, 6) is 0. The first-order chi connectivity index (χ1) is 1.41. The van der Waals surface area contributed by atoms with Crippen LogP contribution in [-0.4, -0.2) is 65.9 Å². The Morgan fingerprint density at radius 1 is 1.12 bits per heavy atom. The van der Waals surface area contributed by atoms with Crippen LogP contribution in [0.5, 0.6) is 0 Å². The molecule has 0 aliphatic carbocycles. The van der Waals surface area contributed by atoms with E-state index in [1.54, 1.807) is 6.92 Å². The van der Waals surface area contributed by atoms with Crippen LogP contribution in [0.3, 0.4) is 0 Å². The second-order valence-electron chi connectivity index (χ2n) is 0.316. The fraction of sp³-hybridized carbons (Fsp3) is 1.00. The maximum Gasteiger partial charge on any atom is 2.00 e. The van der Waals surface area contributed by atoms with Crippen LogP contribution in [0.25, 0.3) is 0 Å². The fourth-order valence-electron chi connectivity index (χ4n) is 0. The molecule has 4 N–H and O–H groups in total. The third-order valence-corrected chi connectivity index (χ3v) is 0. The zero-order valence-electron chi connectivity index (χ0n) is 5.20. The van der Waals surface area contributed by atoms with Crippen LogP contribution < -0.4 is 29.6 Å². The molecular weight excluding hydrogens is 151 g/mol. The van der Waals surface area contributed by atoms with E-state index in [9.17, 15) is 0 Å². The minimum Gasteiger partial charge on any atom is -0.870 e. The average Bonchev–Trinajstić information content (AvgIpc) is 0.918. The Morgan fingerprint density at radius 3 is 1.12 bits per heavy atom. The number of rotatable bonds is 0. The standard InChI is InChI=1S/C2H6O.Ca.Na.3H2O/c1-2-3;;;;;/h3H,2H2,1H3;;;3*1H2/q;+2;+1;;;/p-3. The van der Waals surface area contributed by atoms with Crippen molar-refractivity contribution in [3.8, 4) is 0 Å². The molecule has 0 saturated carbocycles. The third kappa shape index (κ3) is 92.6. The zero-order chi connectivity index (χ0) is 2.71. The normalized spacial score (nSPS) is 2.25. The molecule has 0 amide bonds. The summed E-state index contributed by atoms with van der Waals surface area (Å²) in [6, 6.07) is 0. The molecular formula is C2H9CaNaO4. The summed E-state index contributed by atoms with van der Waals surface area (Å²) in [7, 11) is 0. The van der Waals surface area contributed by atoms with E-state index < -0.39 is 0 Å². The molecule has 0 fully saturated rings. The SMILES string of the molecule is CCO.[Ca+2].[Na+].[OH-].[OH-].[OH-]. The van der Waals surface area contributed by atoms with E-state index in [1.165, 1.54) is 0 Å². The Bertz CT molecular complexity index is 14.0. The van der Waals surface area contributed by atoms with Crippen molar-refractivity contribution < 1.29 is 51.1 Å². The summed E-state index contributed by atoms with van der Waals surface area (Å²) in [5, 5.41) is 7.57. The largest absolute Gasteiger partial charge is 2.00 e. The minimum atomic E-state index is 0. The Kier molecular flexibility index (Phi) is 386. The van der Waals surface area contributed by atoms with Crippen LogP contribution in [-0.2, 0) is 0 Å². The molecule has 0 spiro atoms. The Hall–Kier alpha value is 2.10. The summed E-state index contributed by atoms with van der Waals surface area (Å²) in [4.78, 5) is 0. The van der Waals surface area contributed by atoms with Crippen LogP contribution in [0.15, 0.2) is 0 Å². The van der Waals surface area contributed by atoms with Gasteiger partial charge in [-0.2, -0.15) is 0 Å². The van der Waals surface area contributed by atoms with Gasteiger partial charge in [0.2, 0.25) is 0 Å². The summed E-state index contributed by atoms with van der Waals surface area (Å²) in [6.07, 6.45) is 0. The Morgan fingerprint density at radius 2 is 1.12 bits per heavy atom. The van der Waals surface area contributed by atoms with E-state index >= 15 is 0 Å². The third-order valence-electron chi connectivity index (χ3n) is 0. The quantitative estimate of drug-likeness (QED) is 0.365. The van der Waals surface area contributed by atoms with Crippen LogP contribution in [0, 0.1) is 0 Å². The molecule has 0 aromatic rings. The number of aliphatic hydroxyl groups is 1. The first-order valence-corrected chi connectivity index (χ1v) is 1.02. The van der Waals surface area contributed by atoms with Gasteiger partial charge in [-0.25, -0.2) is 0 Å². The van der Waals surface area contributed by atoms with Crippen molar-refractivity contribution in [2.75, 3.05) is 6.61 Å². The monoisotopic (exact) mass is 160 g/mol. The summed E-state index contributed by atoms with van der Waals surface area (Å²) < 4.78 is 0. The molecule has 0 unspecified atom stereocenters. The molecule has 0 saturated heterocycles. The molecule has 0 atom stereocenters. The van der Waals surface area contributed by atoms with E-state index in [0.29, 0.717) is 0 Å². The van der Waals surface area contributed by atoms with Crippen molar-refractivity contribution in [1.82, 2.24) is 0 Å². The smallest absolute Gasteiger partial charge is 0.870 e. The van der Waals surface area contributed by atoms with E-state index in [4.69, 9.17) is 5.11 Å². The van der Waals surface area contributed by atoms with Gasteiger partial charge in [0.1, 0.15) is 0 Å². The van der Waals surface area contributed by atoms with Crippen molar-refractivity contribution in [1.29, 1.82) is 0 Å². The summed E-state index contributed by atoms with van der Waals surface area (Å²) in [6.45, 7) is 1.93. The van der Waals surface area contributed by atoms with Gasteiger partial charge in [-0.3, -0.25) is 0 Å². The number of hydrogen-bond donors (Lipinski definition) is 1. The van der Waals surface area contributed by atoms with E-state index in [-0.39, 0.29) is 90.3 Å². The Balaban J connectivity index is -0.00000000200. The summed E-state index contributed by atoms with van der Waals surface area (Å²) >= 11 is 0. The predicted molar refractivity (Wildman–Crippen MR) is 24.3 cm³/mol. The number of hydrogen-bond acceptors (Lipinski definition) is 4. The molecule has 0 aromatic heterocycles. The molecule has 4 nitrogen and oxygen atoms in total. The second-order valence-corrected chi connectivity index (χ2v) is 0.316. The van der Waals surface area contributed by atoms with Gasteiger partial charge < -0.3 is 21.5 Å². The molecule has 6 heteroatoms. The fourth-order valence-corrected chi connectivity index (χ4v) is 0. The molecule has 0 rings (SSSR count). The van der Waals surface area contributed by atoms with E-state index in [2.05, 4.69) is 0 Å². The molecule has 8 heavy (non-hydrogen) atoms. The van der Waals surface area contributed by atoms with Gasteiger partial charge in [-0.15, -0.1) is 0 Å². The van der Waals surface area contributed by atoms with Gasteiger partial charge in [0, 0.05) is 6.61 Å². The maximum atomic E-state index is 7.57. The molecule has 0 aliphatic heterocycles. The predicted octanol–water partition coefficient (Wildman–Crippen LogP) is -3.91. The second kappa shape index (κ2) is 62.1. The van der Waals surface area contributed by atoms with Gasteiger partial charge in [-0.1, -0.05) is 0 Å². The molecule has 0 heterocycles. The van der Waals surface area contributed by atoms with Crippen LogP contribution >= 0.6 is 0 Å². The number of aliphatic hydroxyl groups excluding tert-OH is 1. The van der Waals surface area contributed by atoms with E-state index in [1.807, 2.05) is 0 Å².